The summed E-state index contributed by atoms with van der Waals surface area (Å²) in [6.45, 7) is 0.365. The maximum atomic E-state index is 13.9. The van der Waals surface area contributed by atoms with Gasteiger partial charge in [-0.05, 0) is 35.9 Å². The predicted octanol–water partition coefficient (Wildman–Crippen LogP) is 1.97. The van der Waals surface area contributed by atoms with Gasteiger partial charge in [0.2, 0.25) is 0 Å². The van der Waals surface area contributed by atoms with E-state index in [0.29, 0.717) is 5.56 Å². The highest BCUT2D eigenvalue weighted by molar-refractivity contribution is 5.89. The Morgan fingerprint density at radius 3 is 2.61 bits per heavy atom. The Balaban J connectivity index is 1.92. The number of carbonyl (C=O) groups is 1. The maximum Gasteiger partial charge on any atom is 0.337 e. The first-order valence-corrected chi connectivity index (χ1v) is 10.1. The van der Waals surface area contributed by atoms with Crippen LogP contribution in [0.3, 0.4) is 0 Å². The molecule has 0 saturated carbocycles. The summed E-state index contributed by atoms with van der Waals surface area (Å²) in [6.07, 6.45) is 1.44. The largest absolute Gasteiger partial charge is 0.465 e. The Morgan fingerprint density at radius 2 is 1.88 bits per heavy atom. The number of benzene rings is 2. The van der Waals surface area contributed by atoms with Crippen LogP contribution in [0.15, 0.2) is 64.4 Å². The van der Waals surface area contributed by atoms with Crippen LogP contribution in [0.1, 0.15) is 15.9 Å². The highest BCUT2D eigenvalue weighted by Gasteiger charge is 2.20. The topological polar surface area (TPSA) is 97.3 Å². The van der Waals surface area contributed by atoms with Crippen molar-refractivity contribution < 1.29 is 18.7 Å². The van der Waals surface area contributed by atoms with E-state index in [1.54, 1.807) is 34.9 Å². The Labute approximate surface area is 187 Å². The monoisotopic (exact) mass is 452 g/mol. The Bertz CT molecular complexity index is 1450. The molecule has 9 nitrogen and oxygen atoms in total. The molecule has 2 heterocycles. The summed E-state index contributed by atoms with van der Waals surface area (Å²) in [6, 6.07) is 12.3. The van der Waals surface area contributed by atoms with E-state index in [0.717, 1.165) is 10.1 Å². The van der Waals surface area contributed by atoms with Crippen LogP contribution >= 0.6 is 0 Å². The molecule has 0 saturated heterocycles. The van der Waals surface area contributed by atoms with Gasteiger partial charge >= 0.3 is 11.7 Å². The average Bonchev–Trinajstić information content (AvgIpc) is 3.22. The number of halogens is 1. The Morgan fingerprint density at radius 1 is 1.09 bits per heavy atom. The fraction of sp³-hybridized carbons (Fsp3) is 0.217. The summed E-state index contributed by atoms with van der Waals surface area (Å²) in [5.74, 6) is -1.00. The van der Waals surface area contributed by atoms with Gasteiger partial charge in [0, 0.05) is 13.7 Å². The maximum absolute atomic E-state index is 13.9. The molecule has 2 aromatic carbocycles. The number of imidazole rings is 1. The molecule has 33 heavy (non-hydrogen) atoms. The minimum atomic E-state index is -0.645. The number of rotatable bonds is 7. The Hall–Kier alpha value is -4.05. The van der Waals surface area contributed by atoms with Crippen LogP contribution in [-0.2, 0) is 22.6 Å². The lowest BCUT2D eigenvalue weighted by Crippen LogP contribution is -2.41. The molecule has 0 aliphatic heterocycles. The van der Waals surface area contributed by atoms with Crippen molar-refractivity contribution in [3.63, 3.8) is 0 Å². The standard InChI is InChI=1S/C23H21FN4O5/c1-32-10-9-27-21(29)19-20(28(23(27)31)18-8-4-7-17(24)12-18)25-14-26(19)13-15-5-3-6-16(11-15)22(30)33-2/h3-8,11-12,14H,9-10,13H2,1-2H3. The third kappa shape index (κ3) is 4.20. The molecule has 4 aromatic rings. The van der Waals surface area contributed by atoms with Gasteiger partial charge in [-0.25, -0.2) is 23.5 Å². The molecule has 2 aromatic heterocycles. The van der Waals surface area contributed by atoms with Crippen molar-refractivity contribution in [3.8, 4) is 5.69 Å². The average molecular weight is 452 g/mol. The lowest BCUT2D eigenvalue weighted by atomic mass is 10.1. The fourth-order valence-corrected chi connectivity index (χ4v) is 3.64. The predicted molar refractivity (Wildman–Crippen MR) is 118 cm³/mol. The molecular formula is C23H21FN4O5. The highest BCUT2D eigenvalue weighted by Crippen LogP contribution is 2.16. The summed E-state index contributed by atoms with van der Waals surface area (Å²) in [5, 5.41) is 0. The van der Waals surface area contributed by atoms with E-state index in [1.807, 2.05) is 0 Å². The second-order valence-electron chi connectivity index (χ2n) is 7.28. The zero-order valence-corrected chi connectivity index (χ0v) is 18.0. The minimum absolute atomic E-state index is 0.0163. The van der Waals surface area contributed by atoms with E-state index in [1.165, 1.54) is 43.3 Å². The van der Waals surface area contributed by atoms with Gasteiger partial charge in [0.25, 0.3) is 5.56 Å². The van der Waals surface area contributed by atoms with Crippen molar-refractivity contribution in [1.82, 2.24) is 18.7 Å². The van der Waals surface area contributed by atoms with E-state index in [2.05, 4.69) is 4.98 Å². The molecule has 0 aliphatic rings. The third-order valence-corrected chi connectivity index (χ3v) is 5.19. The molecule has 0 aliphatic carbocycles. The van der Waals surface area contributed by atoms with Crippen LogP contribution in [-0.4, -0.2) is 45.5 Å². The number of esters is 1. The molecule has 0 unspecified atom stereocenters. The smallest absolute Gasteiger partial charge is 0.337 e. The number of fused-ring (bicyclic) bond motifs is 1. The first-order valence-electron chi connectivity index (χ1n) is 10.1. The highest BCUT2D eigenvalue weighted by atomic mass is 19.1. The van der Waals surface area contributed by atoms with Crippen molar-refractivity contribution in [3.05, 3.63) is 92.6 Å². The van der Waals surface area contributed by atoms with E-state index in [-0.39, 0.29) is 36.5 Å². The van der Waals surface area contributed by atoms with Gasteiger partial charge in [0.15, 0.2) is 11.2 Å². The van der Waals surface area contributed by atoms with Gasteiger partial charge in [-0.1, -0.05) is 18.2 Å². The number of aromatic nitrogens is 4. The lowest BCUT2D eigenvalue weighted by Gasteiger charge is -2.13. The van der Waals surface area contributed by atoms with Gasteiger partial charge in [0.05, 0.1) is 37.8 Å². The molecule has 0 fully saturated rings. The number of hydrogen-bond acceptors (Lipinski definition) is 6. The SMILES string of the molecule is COCCn1c(=O)c2c(ncn2Cc2cccc(C(=O)OC)c2)n(-c2cccc(F)c2)c1=O. The molecule has 0 atom stereocenters. The number of ether oxygens (including phenoxy) is 2. The van der Waals surface area contributed by atoms with Crippen LogP contribution in [0.2, 0.25) is 0 Å². The van der Waals surface area contributed by atoms with Crippen LogP contribution < -0.4 is 11.2 Å². The summed E-state index contributed by atoms with van der Waals surface area (Å²) in [7, 11) is 2.76. The van der Waals surface area contributed by atoms with Gasteiger partial charge in [0.1, 0.15) is 5.82 Å². The van der Waals surface area contributed by atoms with E-state index in [9.17, 15) is 18.8 Å². The van der Waals surface area contributed by atoms with Crippen molar-refractivity contribution in [2.45, 2.75) is 13.1 Å². The quantitative estimate of drug-likeness (QED) is 0.398. The summed E-state index contributed by atoms with van der Waals surface area (Å²) < 4.78 is 27.6. The summed E-state index contributed by atoms with van der Waals surface area (Å²) in [5.41, 5.74) is 0.424. The second kappa shape index (κ2) is 9.21. The van der Waals surface area contributed by atoms with Crippen LogP contribution in [0.5, 0.6) is 0 Å². The minimum Gasteiger partial charge on any atom is -0.465 e. The molecule has 0 bridgehead atoms. The number of nitrogens with zero attached hydrogens (tertiary/aromatic N) is 4. The van der Waals surface area contributed by atoms with E-state index < -0.39 is 23.0 Å². The summed E-state index contributed by atoms with van der Waals surface area (Å²) >= 11 is 0. The van der Waals surface area contributed by atoms with Crippen molar-refractivity contribution in [2.24, 2.45) is 0 Å². The van der Waals surface area contributed by atoms with Crippen molar-refractivity contribution >= 4 is 17.1 Å². The van der Waals surface area contributed by atoms with Gasteiger partial charge in [-0.2, -0.15) is 0 Å². The van der Waals surface area contributed by atoms with Gasteiger partial charge in [-0.3, -0.25) is 9.36 Å². The Kier molecular flexibility index (Phi) is 6.18. The molecule has 0 N–H and O–H groups in total. The van der Waals surface area contributed by atoms with Crippen molar-refractivity contribution in [1.29, 1.82) is 0 Å². The molecular weight excluding hydrogens is 431 g/mol. The third-order valence-electron chi connectivity index (χ3n) is 5.19. The molecule has 0 spiro atoms. The molecule has 0 amide bonds. The number of hydrogen-bond donors (Lipinski definition) is 0. The first kappa shape index (κ1) is 22.2. The van der Waals surface area contributed by atoms with Gasteiger partial charge in [-0.15, -0.1) is 0 Å². The number of carbonyl (C=O) groups excluding carboxylic acids is 1. The zero-order chi connectivity index (χ0) is 23.5. The second-order valence-corrected chi connectivity index (χ2v) is 7.28. The molecule has 10 heteroatoms. The van der Waals surface area contributed by atoms with E-state index in [4.69, 9.17) is 9.47 Å². The lowest BCUT2D eigenvalue weighted by molar-refractivity contribution is 0.0600. The summed E-state index contributed by atoms with van der Waals surface area (Å²) in [4.78, 5) is 42.6. The molecule has 170 valence electrons. The van der Waals surface area contributed by atoms with Crippen molar-refractivity contribution in [2.75, 3.05) is 20.8 Å². The molecule has 4 rings (SSSR count). The van der Waals surface area contributed by atoms with Crippen LogP contribution in [0, 0.1) is 5.82 Å². The number of methoxy groups -OCH3 is 2. The van der Waals surface area contributed by atoms with Gasteiger partial charge < -0.3 is 14.0 Å². The van der Waals surface area contributed by atoms with E-state index >= 15 is 0 Å². The first-order chi connectivity index (χ1) is 15.9. The van der Waals surface area contributed by atoms with Crippen LogP contribution in [0.4, 0.5) is 4.39 Å². The molecule has 0 radical (unpaired) electrons. The fourth-order valence-electron chi connectivity index (χ4n) is 3.64. The zero-order valence-electron chi connectivity index (χ0n) is 18.0. The van der Waals surface area contributed by atoms with Crippen LogP contribution in [0.25, 0.3) is 16.9 Å². The normalized spacial score (nSPS) is 11.1.